The van der Waals surface area contributed by atoms with Crippen molar-refractivity contribution in [1.82, 2.24) is 9.97 Å². The van der Waals surface area contributed by atoms with E-state index in [1.54, 1.807) is 0 Å². The van der Waals surface area contributed by atoms with E-state index < -0.39 is 5.41 Å². The minimum absolute atomic E-state index is 0.205. The molecule has 1 aromatic carbocycles. The number of unbranched alkanes of at least 4 members (excludes halogenated alkanes) is 2. The molecule has 0 unspecified atom stereocenters. The molecule has 206 valence electrons. The number of anilines is 2. The van der Waals surface area contributed by atoms with Crippen LogP contribution in [0, 0.1) is 5.41 Å². The fourth-order valence-corrected chi connectivity index (χ4v) is 5.10. The summed E-state index contributed by atoms with van der Waals surface area (Å²) in [5.41, 5.74) is 2.19. The monoisotopic (exact) mass is 608 g/mol. The molecule has 0 bridgehead atoms. The second-order valence-corrected chi connectivity index (χ2v) is 11.3. The van der Waals surface area contributed by atoms with E-state index in [1.807, 2.05) is 87.5 Å². The number of pyridine rings is 2. The highest BCUT2D eigenvalue weighted by molar-refractivity contribution is 9.10. The van der Waals surface area contributed by atoms with Crippen LogP contribution >= 0.6 is 27.9 Å². The molecule has 0 saturated carbocycles. The molecule has 0 fully saturated rings. The number of ether oxygens (including phenoxy) is 1. The predicted molar refractivity (Wildman–Crippen MR) is 168 cm³/mol. The fraction of sp³-hybridized carbons (Fsp3) is 0.323. The second kappa shape index (κ2) is 14.9. The summed E-state index contributed by atoms with van der Waals surface area (Å²) >= 11 is 5.04. The maximum atomic E-state index is 12.6. The molecular weight excluding hydrogens is 572 g/mol. The maximum absolute atomic E-state index is 12.6. The second-order valence-electron chi connectivity index (χ2n) is 9.67. The highest BCUT2D eigenvalue weighted by Gasteiger charge is 2.32. The van der Waals surface area contributed by atoms with Gasteiger partial charge in [-0.25, -0.2) is 9.97 Å². The Hall–Kier alpha value is -3.10. The average Bonchev–Trinajstić information content (AvgIpc) is 2.94. The molecule has 0 aliphatic rings. The van der Waals surface area contributed by atoms with Crippen LogP contribution in [0.25, 0.3) is 17.3 Å². The molecule has 3 rings (SSSR count). The standard InChI is InChI=1S/C31H37BrN4O2S/c1-6-9-10-13-21-36(22-31(4,5)30(37)38-8-3)27-17-14-18-28(34-27)39-35-26-20-19-25(32)29(33-26)24-16-12-11-15-23(24)7-2/h6-7,11-12,14-20H,1-2,8-10,13,21-22H2,3-5H3,(H,33,35). The third kappa shape index (κ3) is 8.70. The van der Waals surface area contributed by atoms with E-state index in [-0.39, 0.29) is 5.97 Å². The number of nitrogens with zero attached hydrogens (tertiary/aromatic N) is 3. The molecule has 2 heterocycles. The topological polar surface area (TPSA) is 67.3 Å². The van der Waals surface area contributed by atoms with Crippen molar-refractivity contribution in [2.24, 2.45) is 5.41 Å². The highest BCUT2D eigenvalue weighted by atomic mass is 79.9. The van der Waals surface area contributed by atoms with Crippen molar-refractivity contribution in [3.8, 4) is 11.3 Å². The van der Waals surface area contributed by atoms with E-state index in [2.05, 4.69) is 38.7 Å². The van der Waals surface area contributed by atoms with E-state index in [4.69, 9.17) is 14.7 Å². The zero-order valence-electron chi connectivity index (χ0n) is 23.0. The van der Waals surface area contributed by atoms with Crippen LogP contribution in [-0.4, -0.2) is 35.6 Å². The Morgan fingerprint density at radius 1 is 1.10 bits per heavy atom. The molecule has 0 aliphatic heterocycles. The molecule has 2 aromatic heterocycles. The van der Waals surface area contributed by atoms with Crippen molar-refractivity contribution >= 4 is 51.6 Å². The normalized spacial score (nSPS) is 11.1. The Labute approximate surface area is 245 Å². The van der Waals surface area contributed by atoms with E-state index >= 15 is 0 Å². The van der Waals surface area contributed by atoms with Gasteiger partial charge in [-0.1, -0.05) is 49.1 Å². The quantitative estimate of drug-likeness (QED) is 0.0803. The number of nitrogens with one attached hydrogen (secondary N) is 1. The van der Waals surface area contributed by atoms with Crippen LogP contribution < -0.4 is 9.62 Å². The molecule has 6 nitrogen and oxygen atoms in total. The first-order valence-electron chi connectivity index (χ1n) is 13.1. The molecule has 0 saturated heterocycles. The summed E-state index contributed by atoms with van der Waals surface area (Å²) in [5.74, 6) is 1.33. The van der Waals surface area contributed by atoms with Crippen molar-refractivity contribution in [1.29, 1.82) is 0 Å². The van der Waals surface area contributed by atoms with Crippen molar-refractivity contribution in [2.45, 2.75) is 45.1 Å². The summed E-state index contributed by atoms with van der Waals surface area (Å²) in [5, 5.41) is 0.801. The van der Waals surface area contributed by atoms with Gasteiger partial charge in [0.15, 0.2) is 0 Å². The minimum Gasteiger partial charge on any atom is -0.466 e. The minimum atomic E-state index is -0.670. The lowest BCUT2D eigenvalue weighted by molar-refractivity contribution is -0.152. The Bertz CT molecular complexity index is 1280. The van der Waals surface area contributed by atoms with Crippen molar-refractivity contribution in [3.05, 3.63) is 83.9 Å². The lowest BCUT2D eigenvalue weighted by Gasteiger charge is -2.32. The van der Waals surface area contributed by atoms with Crippen LogP contribution in [0.3, 0.4) is 0 Å². The van der Waals surface area contributed by atoms with Crippen LogP contribution in [0.2, 0.25) is 0 Å². The van der Waals surface area contributed by atoms with Gasteiger partial charge >= 0.3 is 5.97 Å². The largest absolute Gasteiger partial charge is 0.466 e. The number of esters is 1. The van der Waals surface area contributed by atoms with Gasteiger partial charge in [-0.05, 0) is 85.8 Å². The number of aromatic nitrogens is 2. The molecular formula is C31H37BrN4O2S. The van der Waals surface area contributed by atoms with Gasteiger partial charge in [0.1, 0.15) is 16.7 Å². The Balaban J connectivity index is 1.79. The lowest BCUT2D eigenvalue weighted by atomic mass is 9.92. The predicted octanol–water partition coefficient (Wildman–Crippen LogP) is 8.42. The van der Waals surface area contributed by atoms with Gasteiger partial charge in [-0.3, -0.25) is 4.79 Å². The first kappa shape index (κ1) is 30.4. The third-order valence-electron chi connectivity index (χ3n) is 6.08. The number of hydrogen-bond donors (Lipinski definition) is 1. The Kier molecular flexibility index (Phi) is 11.6. The molecule has 3 aromatic rings. The smallest absolute Gasteiger partial charge is 0.313 e. The first-order chi connectivity index (χ1) is 18.8. The molecule has 0 amide bonds. The molecule has 0 atom stereocenters. The number of halogens is 1. The molecule has 0 spiro atoms. The van der Waals surface area contributed by atoms with Gasteiger partial charge < -0.3 is 14.4 Å². The molecule has 39 heavy (non-hydrogen) atoms. The average molecular weight is 610 g/mol. The summed E-state index contributed by atoms with van der Waals surface area (Å²) in [7, 11) is 0. The van der Waals surface area contributed by atoms with E-state index in [1.165, 1.54) is 11.9 Å². The number of carbonyl (C=O) groups is 1. The molecule has 0 aliphatic carbocycles. The van der Waals surface area contributed by atoms with Crippen LogP contribution in [0.1, 0.15) is 45.6 Å². The van der Waals surface area contributed by atoms with Gasteiger partial charge in [0.2, 0.25) is 0 Å². The lowest BCUT2D eigenvalue weighted by Crippen LogP contribution is -2.41. The van der Waals surface area contributed by atoms with Gasteiger partial charge in [0.05, 0.1) is 17.7 Å². The Morgan fingerprint density at radius 3 is 2.64 bits per heavy atom. The first-order valence-corrected chi connectivity index (χ1v) is 14.7. The number of hydrogen-bond acceptors (Lipinski definition) is 7. The zero-order chi connectivity index (χ0) is 28.3. The van der Waals surface area contributed by atoms with Crippen LogP contribution in [-0.2, 0) is 9.53 Å². The third-order valence-corrected chi connectivity index (χ3v) is 7.46. The number of carbonyl (C=O) groups excluding carboxylic acids is 1. The van der Waals surface area contributed by atoms with Gasteiger partial charge in [0.25, 0.3) is 0 Å². The summed E-state index contributed by atoms with van der Waals surface area (Å²) in [6.07, 6.45) is 6.73. The Morgan fingerprint density at radius 2 is 1.90 bits per heavy atom. The molecule has 0 radical (unpaired) electrons. The fourth-order valence-electron chi connectivity index (χ4n) is 4.05. The van der Waals surface area contributed by atoms with E-state index in [0.29, 0.717) is 19.0 Å². The SMILES string of the molecule is C=CCCCCN(CC(C)(C)C(=O)OCC)c1cccc(SNc2ccc(Br)c(-c3ccccc3C=C)n2)n1. The van der Waals surface area contributed by atoms with Gasteiger partial charge in [0, 0.05) is 35.1 Å². The van der Waals surface area contributed by atoms with Crippen LogP contribution in [0.5, 0.6) is 0 Å². The molecule has 8 heteroatoms. The summed E-state index contributed by atoms with van der Waals surface area (Å²) in [4.78, 5) is 24.5. The van der Waals surface area contributed by atoms with Crippen molar-refractivity contribution in [2.75, 3.05) is 29.3 Å². The van der Waals surface area contributed by atoms with Gasteiger partial charge in [-0.15, -0.1) is 6.58 Å². The van der Waals surface area contributed by atoms with Crippen LogP contribution in [0.4, 0.5) is 11.6 Å². The van der Waals surface area contributed by atoms with Crippen molar-refractivity contribution in [3.63, 3.8) is 0 Å². The summed E-state index contributed by atoms with van der Waals surface area (Å²) in [6.45, 7) is 15.1. The van der Waals surface area contributed by atoms with Crippen molar-refractivity contribution < 1.29 is 9.53 Å². The van der Waals surface area contributed by atoms with Crippen LogP contribution in [0.15, 0.2) is 83.3 Å². The van der Waals surface area contributed by atoms with E-state index in [9.17, 15) is 4.79 Å². The van der Waals surface area contributed by atoms with E-state index in [0.717, 1.165) is 57.9 Å². The summed E-state index contributed by atoms with van der Waals surface area (Å²) < 4.78 is 9.58. The summed E-state index contributed by atoms with van der Waals surface area (Å²) in [6, 6.07) is 17.9. The zero-order valence-corrected chi connectivity index (χ0v) is 25.4. The highest BCUT2D eigenvalue weighted by Crippen LogP contribution is 2.32. The number of benzene rings is 1. The molecule has 1 N–H and O–H groups in total. The maximum Gasteiger partial charge on any atom is 0.313 e. The number of rotatable bonds is 15. The number of allylic oxidation sites excluding steroid dienone is 1. The van der Waals surface area contributed by atoms with Gasteiger partial charge in [-0.2, -0.15) is 0 Å².